The molecule has 1 aromatic rings. The molecule has 0 aliphatic heterocycles. The van der Waals surface area contributed by atoms with E-state index in [1.54, 1.807) is 11.3 Å². The third-order valence-corrected chi connectivity index (χ3v) is 4.89. The van der Waals surface area contributed by atoms with Crippen molar-refractivity contribution in [3.8, 4) is 0 Å². The molecule has 0 aromatic carbocycles. The van der Waals surface area contributed by atoms with Gasteiger partial charge in [-0.05, 0) is 53.1 Å². The topological polar surface area (TPSA) is 32.3 Å². The van der Waals surface area contributed by atoms with Crippen molar-refractivity contribution in [2.24, 2.45) is 5.92 Å². The Kier molecular flexibility index (Phi) is 3.83. The Balaban J connectivity index is 1.81. The zero-order chi connectivity index (χ0) is 10.8. The van der Waals surface area contributed by atoms with Crippen LogP contribution in [-0.4, -0.2) is 17.8 Å². The summed E-state index contributed by atoms with van der Waals surface area (Å²) in [5.74, 6) is 0.552. The summed E-state index contributed by atoms with van der Waals surface area (Å²) < 4.78 is 1.16. The highest BCUT2D eigenvalue weighted by Gasteiger charge is 2.29. The first-order chi connectivity index (χ1) is 7.18. The van der Waals surface area contributed by atoms with Gasteiger partial charge >= 0.3 is 0 Å². The highest BCUT2D eigenvalue weighted by Crippen LogP contribution is 2.33. The summed E-state index contributed by atoms with van der Waals surface area (Å²) >= 11 is 5.27. The summed E-state index contributed by atoms with van der Waals surface area (Å²) in [5.41, 5.74) is 0. The summed E-state index contributed by atoms with van der Waals surface area (Å²) in [4.78, 5) is 1.30. The number of hydrogen-bond acceptors (Lipinski definition) is 3. The van der Waals surface area contributed by atoms with Gasteiger partial charge in [-0.25, -0.2) is 0 Å². The first kappa shape index (κ1) is 11.6. The average Bonchev–Trinajstić information content (AvgIpc) is 2.98. The van der Waals surface area contributed by atoms with Gasteiger partial charge in [0.15, 0.2) is 0 Å². The van der Waals surface area contributed by atoms with Crippen LogP contribution in [-0.2, 0) is 0 Å². The third kappa shape index (κ3) is 3.03. The minimum atomic E-state index is -0.161. The van der Waals surface area contributed by atoms with Gasteiger partial charge in [-0.1, -0.05) is 0 Å². The molecule has 2 unspecified atom stereocenters. The van der Waals surface area contributed by atoms with Crippen molar-refractivity contribution < 1.29 is 5.11 Å². The van der Waals surface area contributed by atoms with Crippen LogP contribution in [0, 0.1) is 5.92 Å². The molecule has 1 saturated carbocycles. The lowest BCUT2D eigenvalue weighted by molar-refractivity contribution is 0.145. The van der Waals surface area contributed by atoms with Gasteiger partial charge in [0.05, 0.1) is 6.10 Å². The zero-order valence-corrected chi connectivity index (χ0v) is 11.1. The molecule has 1 aromatic heterocycles. The molecule has 0 bridgehead atoms. The maximum absolute atomic E-state index is 9.73. The van der Waals surface area contributed by atoms with Gasteiger partial charge in [0, 0.05) is 21.9 Å². The lowest BCUT2D eigenvalue weighted by Gasteiger charge is -2.16. The van der Waals surface area contributed by atoms with E-state index >= 15 is 0 Å². The Labute approximate surface area is 103 Å². The molecule has 84 valence electrons. The minimum Gasteiger partial charge on any atom is -0.392 e. The number of aliphatic hydroxyl groups is 1. The van der Waals surface area contributed by atoms with Crippen LogP contribution < -0.4 is 5.32 Å². The molecule has 2 N–H and O–H groups in total. The average molecular weight is 290 g/mol. The Hall–Kier alpha value is 0.100. The SMILES string of the molecule is CC(NCC(O)C1CC1)c1sccc1Br. The Morgan fingerprint density at radius 2 is 2.40 bits per heavy atom. The quantitative estimate of drug-likeness (QED) is 0.874. The van der Waals surface area contributed by atoms with E-state index in [-0.39, 0.29) is 6.10 Å². The molecule has 1 heterocycles. The highest BCUT2D eigenvalue weighted by molar-refractivity contribution is 9.10. The molecule has 1 aliphatic rings. The van der Waals surface area contributed by atoms with E-state index in [0.717, 1.165) is 4.47 Å². The van der Waals surface area contributed by atoms with Crippen molar-refractivity contribution in [3.05, 3.63) is 20.8 Å². The molecule has 0 radical (unpaired) electrons. The summed E-state index contributed by atoms with van der Waals surface area (Å²) in [6.07, 6.45) is 2.23. The largest absolute Gasteiger partial charge is 0.392 e. The van der Waals surface area contributed by atoms with Crippen LogP contribution in [0.5, 0.6) is 0 Å². The molecular formula is C11H16BrNOS. The van der Waals surface area contributed by atoms with Crippen molar-refractivity contribution in [1.82, 2.24) is 5.32 Å². The summed E-state index contributed by atoms with van der Waals surface area (Å²) in [7, 11) is 0. The number of aliphatic hydroxyl groups excluding tert-OH is 1. The fourth-order valence-electron chi connectivity index (χ4n) is 1.65. The maximum atomic E-state index is 9.73. The number of halogens is 1. The molecule has 2 atom stereocenters. The molecule has 1 aliphatic carbocycles. The van der Waals surface area contributed by atoms with Gasteiger partial charge in [-0.3, -0.25) is 0 Å². The van der Waals surface area contributed by atoms with Gasteiger partial charge in [-0.15, -0.1) is 11.3 Å². The maximum Gasteiger partial charge on any atom is 0.0692 e. The number of nitrogens with one attached hydrogen (secondary N) is 1. The van der Waals surface area contributed by atoms with Crippen LogP contribution in [0.1, 0.15) is 30.7 Å². The first-order valence-electron chi connectivity index (χ1n) is 5.33. The predicted octanol–water partition coefficient (Wildman–Crippen LogP) is 2.93. The molecular weight excluding hydrogens is 274 g/mol. The third-order valence-electron chi connectivity index (χ3n) is 2.84. The van der Waals surface area contributed by atoms with Crippen molar-refractivity contribution >= 4 is 27.3 Å². The molecule has 1 fully saturated rings. The molecule has 2 rings (SSSR count). The van der Waals surface area contributed by atoms with Crippen LogP contribution in [0.2, 0.25) is 0 Å². The van der Waals surface area contributed by atoms with Gasteiger partial charge < -0.3 is 10.4 Å². The predicted molar refractivity (Wildman–Crippen MR) is 67.2 cm³/mol. The van der Waals surface area contributed by atoms with Crippen LogP contribution in [0.25, 0.3) is 0 Å². The normalized spacial score (nSPS) is 20.2. The van der Waals surface area contributed by atoms with Crippen molar-refractivity contribution in [3.63, 3.8) is 0 Å². The van der Waals surface area contributed by atoms with Crippen molar-refractivity contribution in [2.75, 3.05) is 6.54 Å². The second-order valence-electron chi connectivity index (χ2n) is 4.17. The molecule has 0 spiro atoms. The Morgan fingerprint density at radius 1 is 1.67 bits per heavy atom. The molecule has 0 saturated heterocycles. The van der Waals surface area contributed by atoms with Crippen LogP contribution in [0.15, 0.2) is 15.9 Å². The van der Waals surface area contributed by atoms with Gasteiger partial charge in [-0.2, -0.15) is 0 Å². The number of thiophene rings is 1. The summed E-state index contributed by atoms with van der Waals surface area (Å²) in [5, 5.41) is 15.2. The Morgan fingerprint density at radius 3 is 2.93 bits per heavy atom. The van der Waals surface area contributed by atoms with Gasteiger partial charge in [0.25, 0.3) is 0 Å². The van der Waals surface area contributed by atoms with E-state index in [1.807, 2.05) is 0 Å². The van der Waals surface area contributed by atoms with E-state index < -0.39 is 0 Å². The molecule has 0 amide bonds. The van der Waals surface area contributed by atoms with Crippen LogP contribution in [0.3, 0.4) is 0 Å². The lowest BCUT2D eigenvalue weighted by atomic mass is 10.2. The van der Waals surface area contributed by atoms with Gasteiger partial charge in [0.1, 0.15) is 0 Å². The monoisotopic (exact) mass is 289 g/mol. The van der Waals surface area contributed by atoms with E-state index in [4.69, 9.17) is 0 Å². The second-order valence-corrected chi connectivity index (χ2v) is 5.97. The Bertz CT molecular complexity index is 324. The highest BCUT2D eigenvalue weighted by atomic mass is 79.9. The van der Waals surface area contributed by atoms with E-state index in [2.05, 4.69) is 39.6 Å². The fraction of sp³-hybridized carbons (Fsp3) is 0.636. The fourth-order valence-corrected chi connectivity index (χ4v) is 3.40. The van der Waals surface area contributed by atoms with Crippen molar-refractivity contribution in [2.45, 2.75) is 31.9 Å². The smallest absolute Gasteiger partial charge is 0.0692 e. The van der Waals surface area contributed by atoms with E-state index in [0.29, 0.717) is 18.5 Å². The van der Waals surface area contributed by atoms with Gasteiger partial charge in [0.2, 0.25) is 0 Å². The van der Waals surface area contributed by atoms with Crippen molar-refractivity contribution in [1.29, 1.82) is 0 Å². The second kappa shape index (κ2) is 4.95. The summed E-state index contributed by atoms with van der Waals surface area (Å²) in [6.45, 7) is 2.84. The molecule has 15 heavy (non-hydrogen) atoms. The molecule has 2 nitrogen and oxygen atoms in total. The number of hydrogen-bond donors (Lipinski definition) is 2. The lowest BCUT2D eigenvalue weighted by Crippen LogP contribution is -2.30. The summed E-state index contributed by atoms with van der Waals surface area (Å²) in [6, 6.07) is 2.38. The van der Waals surface area contributed by atoms with Crippen LogP contribution in [0.4, 0.5) is 0 Å². The van der Waals surface area contributed by atoms with Crippen LogP contribution >= 0.6 is 27.3 Å². The van der Waals surface area contributed by atoms with E-state index in [9.17, 15) is 5.11 Å². The number of rotatable bonds is 5. The molecule has 4 heteroatoms. The minimum absolute atomic E-state index is 0.161. The van der Waals surface area contributed by atoms with E-state index in [1.165, 1.54) is 17.7 Å². The first-order valence-corrected chi connectivity index (χ1v) is 7.00. The standard InChI is InChI=1S/C11H16BrNOS/c1-7(11-9(12)4-5-15-11)13-6-10(14)8-2-3-8/h4-5,7-8,10,13-14H,2-3,6H2,1H3. The zero-order valence-electron chi connectivity index (χ0n) is 8.74.